The highest BCUT2D eigenvalue weighted by atomic mass is 35.5. The molecule has 5 nitrogen and oxygen atoms in total. The molecule has 2 aliphatic rings. The van der Waals surface area contributed by atoms with Crippen molar-refractivity contribution >= 4 is 18.3 Å². The van der Waals surface area contributed by atoms with Crippen molar-refractivity contribution in [1.29, 1.82) is 0 Å². The van der Waals surface area contributed by atoms with E-state index in [1.807, 2.05) is 4.90 Å². The van der Waals surface area contributed by atoms with Gasteiger partial charge < -0.3 is 15.1 Å². The van der Waals surface area contributed by atoms with Gasteiger partial charge in [0.15, 0.2) is 11.7 Å². The van der Waals surface area contributed by atoms with E-state index in [9.17, 15) is 13.6 Å². The van der Waals surface area contributed by atoms with Gasteiger partial charge in [0.05, 0.1) is 11.8 Å². The molecule has 2 heterocycles. The van der Waals surface area contributed by atoms with E-state index in [1.165, 1.54) is 18.3 Å². The summed E-state index contributed by atoms with van der Waals surface area (Å²) in [5.41, 5.74) is 6.26. The molecule has 27 heavy (non-hydrogen) atoms. The summed E-state index contributed by atoms with van der Waals surface area (Å²) in [6.45, 7) is 1.52. The fourth-order valence-electron chi connectivity index (χ4n) is 4.12. The molecular formula is C19H22ClF2N3O2. The average Bonchev–Trinajstić information content (AvgIpc) is 3.31. The fourth-order valence-corrected chi connectivity index (χ4v) is 4.12. The van der Waals surface area contributed by atoms with Crippen LogP contribution in [0.25, 0.3) is 11.3 Å². The number of hydrogen-bond acceptors (Lipinski definition) is 4. The Bertz CT molecular complexity index is 829. The van der Waals surface area contributed by atoms with Crippen LogP contribution in [0.5, 0.6) is 0 Å². The topological polar surface area (TPSA) is 72.4 Å². The standard InChI is InChI=1S/C19H21F2N3O2.ClH/c20-12-2-3-13(15(21)7-12)17-8-23-18(26-17)5-6-19(25)24-9-11-1-4-16(22)14(11)10-24;/h2-3,7-8,11,14,16H,1,4-6,9-10,22H2;1H. The van der Waals surface area contributed by atoms with Crippen LogP contribution in [0.15, 0.2) is 28.8 Å². The largest absolute Gasteiger partial charge is 0.441 e. The van der Waals surface area contributed by atoms with Crippen LogP contribution >= 0.6 is 12.4 Å². The Kier molecular flexibility index (Phi) is 5.81. The van der Waals surface area contributed by atoms with Crippen LogP contribution in [0.2, 0.25) is 0 Å². The number of carbonyl (C=O) groups is 1. The molecule has 146 valence electrons. The highest BCUT2D eigenvalue weighted by Gasteiger charge is 2.42. The Morgan fingerprint density at radius 2 is 2.11 bits per heavy atom. The summed E-state index contributed by atoms with van der Waals surface area (Å²) in [6, 6.07) is 3.49. The smallest absolute Gasteiger partial charge is 0.223 e. The third-order valence-electron chi connectivity index (χ3n) is 5.57. The lowest BCUT2D eigenvalue weighted by molar-refractivity contribution is -0.130. The molecule has 8 heteroatoms. The van der Waals surface area contributed by atoms with Crippen LogP contribution < -0.4 is 5.73 Å². The summed E-state index contributed by atoms with van der Waals surface area (Å²) < 4.78 is 32.3. The van der Waals surface area contributed by atoms with Crippen molar-refractivity contribution in [2.45, 2.75) is 31.7 Å². The maximum absolute atomic E-state index is 13.8. The number of nitrogens with zero attached hydrogens (tertiary/aromatic N) is 2. The van der Waals surface area contributed by atoms with Gasteiger partial charge in [-0.1, -0.05) is 0 Å². The number of carbonyl (C=O) groups excluding carboxylic acids is 1. The number of rotatable bonds is 4. The first-order chi connectivity index (χ1) is 12.5. The first-order valence-electron chi connectivity index (χ1n) is 8.95. The van der Waals surface area contributed by atoms with Crippen molar-refractivity contribution in [3.63, 3.8) is 0 Å². The van der Waals surface area contributed by atoms with Crippen LogP contribution in [-0.4, -0.2) is 34.9 Å². The van der Waals surface area contributed by atoms with E-state index in [1.54, 1.807) is 0 Å². The minimum atomic E-state index is -0.705. The second kappa shape index (κ2) is 7.94. The van der Waals surface area contributed by atoms with Gasteiger partial charge in [-0.05, 0) is 36.8 Å². The fraction of sp³-hybridized carbons (Fsp3) is 0.474. The summed E-state index contributed by atoms with van der Waals surface area (Å²) in [5.74, 6) is 0.270. The maximum Gasteiger partial charge on any atom is 0.223 e. The molecule has 2 N–H and O–H groups in total. The molecule has 1 aliphatic heterocycles. The van der Waals surface area contributed by atoms with E-state index in [0.717, 1.165) is 32.0 Å². The quantitative estimate of drug-likeness (QED) is 0.860. The number of aryl methyl sites for hydroxylation is 1. The molecule has 2 aromatic rings. The number of fused-ring (bicyclic) bond motifs is 1. The molecule has 1 aromatic carbocycles. The highest BCUT2D eigenvalue weighted by molar-refractivity contribution is 5.85. The van der Waals surface area contributed by atoms with E-state index in [4.69, 9.17) is 10.2 Å². The second-order valence-corrected chi connectivity index (χ2v) is 7.21. The zero-order chi connectivity index (χ0) is 18.3. The third-order valence-corrected chi connectivity index (χ3v) is 5.57. The lowest BCUT2D eigenvalue weighted by atomic mass is 9.98. The number of likely N-dealkylation sites (tertiary alicyclic amines) is 1. The van der Waals surface area contributed by atoms with Crippen molar-refractivity contribution in [3.05, 3.63) is 41.9 Å². The molecule has 3 unspecified atom stereocenters. The number of halogens is 3. The molecular weight excluding hydrogens is 376 g/mol. The maximum atomic E-state index is 13.8. The minimum absolute atomic E-state index is 0. The number of nitrogens with two attached hydrogens (primary N) is 1. The monoisotopic (exact) mass is 397 g/mol. The van der Waals surface area contributed by atoms with Gasteiger partial charge in [-0.2, -0.15) is 0 Å². The van der Waals surface area contributed by atoms with Crippen LogP contribution in [0, 0.1) is 23.5 Å². The third kappa shape index (κ3) is 3.99. The van der Waals surface area contributed by atoms with E-state index in [2.05, 4.69) is 4.98 Å². The Labute approximate surface area is 162 Å². The molecule has 3 atom stereocenters. The molecule has 4 rings (SSSR count). The van der Waals surface area contributed by atoms with Crippen LogP contribution in [0.3, 0.4) is 0 Å². The van der Waals surface area contributed by atoms with Crippen LogP contribution in [-0.2, 0) is 11.2 Å². The molecule has 1 saturated carbocycles. The zero-order valence-electron chi connectivity index (χ0n) is 14.7. The molecule has 0 bridgehead atoms. The highest BCUT2D eigenvalue weighted by Crippen LogP contribution is 2.37. The summed E-state index contributed by atoms with van der Waals surface area (Å²) >= 11 is 0. The minimum Gasteiger partial charge on any atom is -0.441 e. The Morgan fingerprint density at radius 1 is 1.30 bits per heavy atom. The summed E-state index contributed by atoms with van der Waals surface area (Å²) in [6.07, 6.45) is 4.19. The van der Waals surface area contributed by atoms with Gasteiger partial charge in [0.25, 0.3) is 0 Å². The van der Waals surface area contributed by atoms with Crippen LogP contribution in [0.1, 0.15) is 25.2 Å². The van der Waals surface area contributed by atoms with E-state index < -0.39 is 11.6 Å². The summed E-state index contributed by atoms with van der Waals surface area (Å²) in [5, 5.41) is 0. The SMILES string of the molecule is Cl.NC1CCC2CN(C(=O)CCc3ncc(-c4ccc(F)cc4F)o3)CC12. The molecule has 1 saturated heterocycles. The van der Waals surface area contributed by atoms with Gasteiger partial charge in [0.1, 0.15) is 11.6 Å². The first kappa shape index (κ1) is 19.8. The molecule has 2 fully saturated rings. The zero-order valence-corrected chi connectivity index (χ0v) is 15.6. The van der Waals surface area contributed by atoms with Gasteiger partial charge in [-0.3, -0.25) is 4.79 Å². The summed E-state index contributed by atoms with van der Waals surface area (Å²) in [4.78, 5) is 18.4. The van der Waals surface area contributed by atoms with Gasteiger partial charge in [-0.15, -0.1) is 12.4 Å². The van der Waals surface area contributed by atoms with Gasteiger partial charge >= 0.3 is 0 Å². The Morgan fingerprint density at radius 3 is 2.85 bits per heavy atom. The molecule has 0 spiro atoms. The van der Waals surface area contributed by atoms with Crippen LogP contribution in [0.4, 0.5) is 8.78 Å². The van der Waals surface area contributed by atoms with E-state index >= 15 is 0 Å². The number of oxazole rings is 1. The number of amides is 1. The van der Waals surface area contributed by atoms with E-state index in [-0.39, 0.29) is 35.7 Å². The van der Waals surface area contributed by atoms with Crippen molar-refractivity contribution in [2.24, 2.45) is 17.6 Å². The molecule has 1 amide bonds. The van der Waals surface area contributed by atoms with Crippen molar-refractivity contribution < 1.29 is 18.0 Å². The predicted molar refractivity (Wildman–Crippen MR) is 98.2 cm³/mol. The van der Waals surface area contributed by atoms with Gasteiger partial charge in [0, 0.05) is 38.0 Å². The summed E-state index contributed by atoms with van der Waals surface area (Å²) in [7, 11) is 0. The first-order valence-corrected chi connectivity index (χ1v) is 8.95. The Hall–Kier alpha value is -1.99. The van der Waals surface area contributed by atoms with E-state index in [0.29, 0.717) is 30.6 Å². The lowest BCUT2D eigenvalue weighted by Crippen LogP contribution is -2.33. The Balaban J connectivity index is 0.00000210. The van der Waals surface area contributed by atoms with Crippen molar-refractivity contribution in [3.8, 4) is 11.3 Å². The second-order valence-electron chi connectivity index (χ2n) is 7.21. The molecule has 1 aromatic heterocycles. The van der Waals surface area contributed by atoms with Crippen molar-refractivity contribution in [2.75, 3.05) is 13.1 Å². The molecule has 0 radical (unpaired) electrons. The lowest BCUT2D eigenvalue weighted by Gasteiger charge is -2.18. The van der Waals surface area contributed by atoms with Gasteiger partial charge in [0.2, 0.25) is 5.91 Å². The molecule has 1 aliphatic carbocycles. The number of aromatic nitrogens is 1. The average molecular weight is 398 g/mol. The number of benzene rings is 1. The van der Waals surface area contributed by atoms with Gasteiger partial charge in [-0.25, -0.2) is 13.8 Å². The number of hydrogen-bond donors (Lipinski definition) is 1. The predicted octanol–water partition coefficient (Wildman–Crippen LogP) is 3.17. The van der Waals surface area contributed by atoms with Crippen molar-refractivity contribution in [1.82, 2.24) is 9.88 Å². The normalized spacial score (nSPS) is 24.0.